The fourth-order valence-electron chi connectivity index (χ4n) is 2.71. The van der Waals surface area contributed by atoms with Gasteiger partial charge in [0.15, 0.2) is 0 Å². The Morgan fingerprint density at radius 2 is 2.09 bits per heavy atom. The van der Waals surface area contributed by atoms with E-state index in [-0.39, 0.29) is 19.1 Å². The van der Waals surface area contributed by atoms with Crippen LogP contribution in [-0.4, -0.2) is 62.6 Å². The van der Waals surface area contributed by atoms with Crippen LogP contribution in [0.2, 0.25) is 0 Å². The van der Waals surface area contributed by atoms with Crippen molar-refractivity contribution in [2.24, 2.45) is 11.8 Å². The standard InChI is InChI=1S/C11H20N4O7S/c1-12-3-5-21-13-10(16)9-8-6-7(8)2-4-15(9)11(17)14-22-23(18,19)20/h7-9,12H,2-6H2,1H3,(H,13,16)(H,14,17)(H,18,19,20)/t7?,8?,9-/m0/s1. The van der Waals surface area contributed by atoms with Gasteiger partial charge in [0.05, 0.1) is 6.61 Å². The molecule has 0 bridgehead atoms. The van der Waals surface area contributed by atoms with Gasteiger partial charge in [-0.2, -0.15) is 13.9 Å². The minimum atomic E-state index is -4.81. The molecular formula is C11H20N4O7S. The van der Waals surface area contributed by atoms with E-state index in [1.807, 2.05) is 0 Å². The highest BCUT2D eigenvalue weighted by Gasteiger charge is 2.53. The van der Waals surface area contributed by atoms with E-state index in [0.717, 1.165) is 6.42 Å². The van der Waals surface area contributed by atoms with E-state index in [0.29, 0.717) is 18.9 Å². The summed E-state index contributed by atoms with van der Waals surface area (Å²) >= 11 is 0. The van der Waals surface area contributed by atoms with Gasteiger partial charge in [0.2, 0.25) is 0 Å². The number of amides is 3. The van der Waals surface area contributed by atoms with Crippen molar-refractivity contribution < 1.29 is 31.7 Å². The zero-order valence-electron chi connectivity index (χ0n) is 12.5. The molecule has 4 N–H and O–H groups in total. The smallest absolute Gasteiger partial charge is 0.317 e. The van der Waals surface area contributed by atoms with Crippen LogP contribution in [-0.2, 0) is 24.3 Å². The number of hydrogen-bond acceptors (Lipinski definition) is 7. The third-order valence-corrected chi connectivity index (χ3v) is 4.14. The summed E-state index contributed by atoms with van der Waals surface area (Å²) in [7, 11) is -3.07. The number of nitrogens with one attached hydrogen (secondary N) is 3. The molecule has 1 aliphatic carbocycles. The first-order valence-electron chi connectivity index (χ1n) is 7.12. The van der Waals surface area contributed by atoms with Crippen molar-refractivity contribution >= 4 is 22.3 Å². The Balaban J connectivity index is 1.93. The van der Waals surface area contributed by atoms with Gasteiger partial charge in [-0.1, -0.05) is 0 Å². The molecule has 0 aromatic rings. The number of urea groups is 1. The highest BCUT2D eigenvalue weighted by molar-refractivity contribution is 7.80. The molecule has 2 aliphatic rings. The van der Waals surface area contributed by atoms with Crippen LogP contribution in [0.25, 0.3) is 0 Å². The second-order valence-electron chi connectivity index (χ2n) is 5.42. The van der Waals surface area contributed by atoms with Gasteiger partial charge in [0, 0.05) is 13.1 Å². The van der Waals surface area contributed by atoms with E-state index in [4.69, 9.17) is 9.39 Å². The Kier molecular flexibility index (Phi) is 5.75. The zero-order chi connectivity index (χ0) is 17.0. The second-order valence-corrected chi connectivity index (χ2v) is 6.45. The number of carbonyl (C=O) groups is 2. The van der Waals surface area contributed by atoms with Crippen molar-refractivity contribution in [1.29, 1.82) is 0 Å². The van der Waals surface area contributed by atoms with Gasteiger partial charge in [-0.3, -0.25) is 14.2 Å². The summed E-state index contributed by atoms with van der Waals surface area (Å²) in [5.74, 6) is -0.0990. The first-order chi connectivity index (χ1) is 10.8. The average Bonchev–Trinajstić information content (AvgIpc) is 3.26. The summed E-state index contributed by atoms with van der Waals surface area (Å²) in [6.07, 6.45) is 1.53. The fourth-order valence-corrected chi connectivity index (χ4v) is 2.89. The number of nitrogens with zero attached hydrogens (tertiary/aromatic N) is 1. The molecule has 0 aromatic heterocycles. The quantitative estimate of drug-likeness (QED) is 0.244. The van der Waals surface area contributed by atoms with Crippen molar-refractivity contribution in [2.75, 3.05) is 26.7 Å². The number of carbonyl (C=O) groups excluding carboxylic acids is 2. The van der Waals surface area contributed by atoms with Crippen LogP contribution in [0.3, 0.4) is 0 Å². The molecule has 2 unspecified atom stereocenters. The summed E-state index contributed by atoms with van der Waals surface area (Å²) in [5, 5.41) is 2.85. The Morgan fingerprint density at radius 1 is 1.35 bits per heavy atom. The summed E-state index contributed by atoms with van der Waals surface area (Å²) < 4.78 is 33.3. The molecule has 2 rings (SSSR count). The molecule has 132 valence electrons. The molecule has 0 spiro atoms. The van der Waals surface area contributed by atoms with Crippen LogP contribution < -0.4 is 16.3 Å². The Hall–Kier alpha value is -1.47. The van der Waals surface area contributed by atoms with Crippen LogP contribution in [0.15, 0.2) is 0 Å². The van der Waals surface area contributed by atoms with Gasteiger partial charge in [-0.25, -0.2) is 10.3 Å². The lowest BCUT2D eigenvalue weighted by atomic mass is 10.0. The molecule has 0 aromatic carbocycles. The van der Waals surface area contributed by atoms with E-state index in [9.17, 15) is 18.0 Å². The molecule has 1 saturated carbocycles. The first-order valence-corrected chi connectivity index (χ1v) is 8.48. The highest BCUT2D eigenvalue weighted by Crippen LogP contribution is 2.48. The molecule has 2 fully saturated rings. The maximum atomic E-state index is 12.2. The van der Waals surface area contributed by atoms with Crippen LogP contribution in [0, 0.1) is 11.8 Å². The van der Waals surface area contributed by atoms with Crippen LogP contribution in [0.5, 0.6) is 0 Å². The molecule has 3 amide bonds. The first kappa shape index (κ1) is 17.9. The van der Waals surface area contributed by atoms with Gasteiger partial charge in [0.1, 0.15) is 6.04 Å². The molecular weight excluding hydrogens is 332 g/mol. The summed E-state index contributed by atoms with van der Waals surface area (Å²) in [5.41, 5.74) is 3.90. The fraction of sp³-hybridized carbons (Fsp3) is 0.818. The number of rotatable bonds is 7. The Bertz CT molecular complexity index is 555. The van der Waals surface area contributed by atoms with Gasteiger partial charge in [0.25, 0.3) is 5.91 Å². The van der Waals surface area contributed by atoms with Crippen molar-refractivity contribution in [3.05, 3.63) is 0 Å². The molecule has 23 heavy (non-hydrogen) atoms. The van der Waals surface area contributed by atoms with Gasteiger partial charge in [-0.05, 0) is 31.7 Å². The molecule has 0 radical (unpaired) electrons. The lowest BCUT2D eigenvalue weighted by Crippen LogP contribution is -2.56. The van der Waals surface area contributed by atoms with Crippen molar-refractivity contribution in [3.63, 3.8) is 0 Å². The van der Waals surface area contributed by atoms with Crippen molar-refractivity contribution in [3.8, 4) is 0 Å². The number of fused-ring (bicyclic) bond motifs is 1. The topological polar surface area (TPSA) is 146 Å². The number of hydrogen-bond donors (Lipinski definition) is 4. The molecule has 12 heteroatoms. The third kappa shape index (κ3) is 5.00. The summed E-state index contributed by atoms with van der Waals surface area (Å²) in [6.45, 7) is 1.08. The lowest BCUT2D eigenvalue weighted by molar-refractivity contribution is -0.139. The SMILES string of the molecule is CNCCONC(=O)[C@@H]1C2CC2CCN1C(=O)NOS(=O)(=O)O. The molecule has 1 aliphatic heterocycles. The Morgan fingerprint density at radius 3 is 2.74 bits per heavy atom. The van der Waals surface area contributed by atoms with E-state index in [1.165, 1.54) is 4.90 Å². The number of hydroxylamine groups is 2. The molecule has 11 nitrogen and oxygen atoms in total. The molecule has 3 atom stereocenters. The highest BCUT2D eigenvalue weighted by atomic mass is 32.3. The van der Waals surface area contributed by atoms with E-state index in [1.54, 1.807) is 12.5 Å². The second kappa shape index (κ2) is 7.40. The number of likely N-dealkylation sites (N-methyl/N-ethyl adjacent to an activating group) is 1. The number of piperidine rings is 1. The van der Waals surface area contributed by atoms with E-state index in [2.05, 4.69) is 15.1 Å². The van der Waals surface area contributed by atoms with E-state index >= 15 is 0 Å². The zero-order valence-corrected chi connectivity index (χ0v) is 13.3. The predicted molar refractivity (Wildman–Crippen MR) is 75.9 cm³/mol. The summed E-state index contributed by atoms with van der Waals surface area (Å²) in [4.78, 5) is 30.4. The number of likely N-dealkylation sites (tertiary alicyclic amines) is 1. The maximum absolute atomic E-state index is 12.2. The minimum absolute atomic E-state index is 0.00753. The van der Waals surface area contributed by atoms with Crippen LogP contribution >= 0.6 is 0 Å². The van der Waals surface area contributed by atoms with Gasteiger partial charge < -0.3 is 10.2 Å². The van der Waals surface area contributed by atoms with Gasteiger partial charge in [-0.15, -0.1) is 4.28 Å². The van der Waals surface area contributed by atoms with Gasteiger partial charge >= 0.3 is 16.4 Å². The largest absolute Gasteiger partial charge is 0.418 e. The lowest BCUT2D eigenvalue weighted by Gasteiger charge is -2.33. The monoisotopic (exact) mass is 352 g/mol. The average molecular weight is 352 g/mol. The van der Waals surface area contributed by atoms with Crippen molar-refractivity contribution in [1.82, 2.24) is 21.2 Å². The third-order valence-electron chi connectivity index (χ3n) is 3.85. The normalized spacial score (nSPS) is 26.3. The van der Waals surface area contributed by atoms with Crippen LogP contribution in [0.1, 0.15) is 12.8 Å². The molecule has 1 saturated heterocycles. The molecule has 1 heterocycles. The maximum Gasteiger partial charge on any atom is 0.418 e. The Labute approximate surface area is 133 Å². The van der Waals surface area contributed by atoms with Crippen molar-refractivity contribution in [2.45, 2.75) is 18.9 Å². The van der Waals surface area contributed by atoms with E-state index < -0.39 is 28.4 Å². The minimum Gasteiger partial charge on any atom is -0.317 e. The summed E-state index contributed by atoms with van der Waals surface area (Å²) in [6, 6.07) is -1.68. The van der Waals surface area contributed by atoms with Crippen LogP contribution in [0.4, 0.5) is 4.79 Å². The predicted octanol–water partition coefficient (Wildman–Crippen LogP) is -1.59.